The number of nitrogens with zero attached hydrogens (tertiary/aromatic N) is 2. The standard InChI is InChI=1S/C24H31N3O3.C7H11NO2.C2H5NO2/c1-16(2)13-17-9-7-11-21-19(17)14-18(27(21)23(29)30-24(3,4)5)15-26-12-8-10-20(25-6)22(26)28;8-7(10)5-3-1-2-4-6-9;1-5-2(3)4/h7-12,14,16,25H,13,15H2,1-6H3;3,5-6H,1-2,4H2,(H2,8,10);1H3,(H2,3,4)/b;5-3+;. The minimum absolute atomic E-state index is 0.136. The number of allylic oxidation sites excluding steroid dienone is 1. The van der Waals surface area contributed by atoms with E-state index in [1.54, 1.807) is 34.5 Å². The van der Waals surface area contributed by atoms with Crippen LogP contribution in [0.4, 0.5) is 15.3 Å². The Morgan fingerprint density at radius 1 is 1.07 bits per heavy atom. The molecule has 12 nitrogen and oxygen atoms in total. The van der Waals surface area contributed by atoms with Crippen molar-refractivity contribution >= 4 is 41.0 Å². The largest absolute Gasteiger partial charge is 0.453 e. The fourth-order valence-corrected chi connectivity index (χ4v) is 4.15. The molecule has 0 atom stereocenters. The Balaban J connectivity index is 0.000000560. The smallest absolute Gasteiger partial charge is 0.419 e. The zero-order chi connectivity index (χ0) is 34.2. The van der Waals surface area contributed by atoms with Crippen LogP contribution in [0.1, 0.15) is 65.1 Å². The van der Waals surface area contributed by atoms with Crippen molar-refractivity contribution < 1.29 is 28.7 Å². The summed E-state index contributed by atoms with van der Waals surface area (Å²) < 4.78 is 12.8. The Morgan fingerprint density at radius 2 is 1.73 bits per heavy atom. The van der Waals surface area contributed by atoms with Gasteiger partial charge in [-0.25, -0.2) is 14.2 Å². The van der Waals surface area contributed by atoms with Crippen LogP contribution >= 0.6 is 0 Å². The third-order valence-corrected chi connectivity index (χ3v) is 6.01. The van der Waals surface area contributed by atoms with Crippen LogP contribution in [0.25, 0.3) is 10.9 Å². The molecule has 0 saturated carbocycles. The Hall–Kier alpha value is -4.87. The second-order valence-corrected chi connectivity index (χ2v) is 11.4. The first kappa shape index (κ1) is 38.2. The lowest BCUT2D eigenvalue weighted by Gasteiger charge is -2.21. The summed E-state index contributed by atoms with van der Waals surface area (Å²) in [5.41, 5.74) is 11.7. The van der Waals surface area contributed by atoms with Gasteiger partial charge in [0.05, 0.1) is 24.9 Å². The lowest BCUT2D eigenvalue weighted by Crippen LogP contribution is -2.29. The Morgan fingerprint density at radius 3 is 2.27 bits per heavy atom. The molecule has 3 rings (SSSR count). The van der Waals surface area contributed by atoms with Crippen molar-refractivity contribution in [2.45, 2.75) is 72.4 Å². The van der Waals surface area contributed by atoms with E-state index in [1.165, 1.54) is 18.7 Å². The van der Waals surface area contributed by atoms with Crippen LogP contribution in [-0.4, -0.2) is 53.3 Å². The highest BCUT2D eigenvalue weighted by atomic mass is 16.6. The molecule has 1 aromatic carbocycles. The minimum Gasteiger partial charge on any atom is -0.453 e. The quantitative estimate of drug-likeness (QED) is 0.160. The molecule has 2 heterocycles. The number of ether oxygens (including phenoxy) is 2. The number of amides is 2. The van der Waals surface area contributed by atoms with E-state index in [2.05, 4.69) is 35.7 Å². The van der Waals surface area contributed by atoms with Gasteiger partial charge < -0.3 is 35.6 Å². The van der Waals surface area contributed by atoms with Gasteiger partial charge >= 0.3 is 12.2 Å². The van der Waals surface area contributed by atoms with E-state index in [0.717, 1.165) is 36.5 Å². The maximum absolute atomic E-state index is 13.1. The van der Waals surface area contributed by atoms with E-state index < -0.39 is 23.7 Å². The van der Waals surface area contributed by atoms with E-state index in [9.17, 15) is 24.0 Å². The number of methoxy groups -OCH3 is 1. The van der Waals surface area contributed by atoms with Gasteiger partial charge in [-0.15, -0.1) is 0 Å². The van der Waals surface area contributed by atoms with E-state index in [4.69, 9.17) is 10.5 Å². The molecule has 0 spiro atoms. The first-order valence-electron chi connectivity index (χ1n) is 14.6. The van der Waals surface area contributed by atoms with Gasteiger partial charge in [-0.05, 0) is 81.9 Å². The average Bonchev–Trinajstić information content (AvgIpc) is 3.32. The zero-order valence-corrected chi connectivity index (χ0v) is 27.3. The van der Waals surface area contributed by atoms with Gasteiger partial charge in [0.1, 0.15) is 17.6 Å². The van der Waals surface area contributed by atoms with Crippen LogP contribution < -0.4 is 22.3 Å². The van der Waals surface area contributed by atoms with Gasteiger partial charge in [0.15, 0.2) is 0 Å². The molecule has 2 aromatic heterocycles. The maximum Gasteiger partial charge on any atom is 0.419 e. The van der Waals surface area contributed by atoms with Crippen molar-refractivity contribution in [2.24, 2.45) is 17.4 Å². The number of nitrogens with two attached hydrogens (primary N) is 2. The van der Waals surface area contributed by atoms with Gasteiger partial charge in [-0.3, -0.25) is 9.59 Å². The predicted octanol–water partition coefficient (Wildman–Crippen LogP) is 4.98. The Labute approximate surface area is 264 Å². The van der Waals surface area contributed by atoms with Crippen molar-refractivity contribution in [3.8, 4) is 0 Å². The van der Waals surface area contributed by atoms with Crippen LogP contribution in [-0.2, 0) is 32.0 Å². The lowest BCUT2D eigenvalue weighted by atomic mass is 10.00. The highest BCUT2D eigenvalue weighted by Crippen LogP contribution is 2.27. The summed E-state index contributed by atoms with van der Waals surface area (Å²) in [4.78, 5) is 55.1. The number of hydrogen-bond acceptors (Lipinski definition) is 8. The van der Waals surface area contributed by atoms with Crippen LogP contribution in [0.3, 0.4) is 0 Å². The number of carbonyl (C=O) groups is 4. The molecule has 5 N–H and O–H groups in total. The number of aldehydes is 1. The number of carbonyl (C=O) groups excluding carboxylic acids is 4. The second kappa shape index (κ2) is 18.7. The van der Waals surface area contributed by atoms with E-state index in [1.807, 2.05) is 45.0 Å². The third kappa shape index (κ3) is 13.5. The van der Waals surface area contributed by atoms with Crippen LogP contribution in [0.5, 0.6) is 0 Å². The SMILES string of the molecule is CNc1cccn(Cc2cc3c(CC(C)C)cccc3n2C(=O)OC(C)(C)C)c1=O.COC(N)=O.NC(=O)/C=C/CCCC=O. The molecule has 12 heteroatoms. The van der Waals surface area contributed by atoms with Gasteiger partial charge in [0.2, 0.25) is 5.91 Å². The summed E-state index contributed by atoms with van der Waals surface area (Å²) in [5, 5.41) is 3.93. The number of fused-ring (bicyclic) bond motifs is 1. The number of anilines is 1. The fourth-order valence-electron chi connectivity index (χ4n) is 4.15. The van der Waals surface area contributed by atoms with Crippen LogP contribution in [0.15, 0.2) is 59.5 Å². The number of rotatable bonds is 10. The molecule has 0 saturated heterocycles. The summed E-state index contributed by atoms with van der Waals surface area (Å²) in [6.07, 6.45) is 7.36. The molecular formula is C33H47N5O7. The summed E-state index contributed by atoms with van der Waals surface area (Å²) >= 11 is 0. The topological polar surface area (TPSA) is 178 Å². The van der Waals surface area contributed by atoms with E-state index >= 15 is 0 Å². The maximum atomic E-state index is 13.1. The number of unbranched alkanes of at least 4 members (excludes halogenated alkanes) is 2. The first-order valence-corrected chi connectivity index (χ1v) is 14.6. The van der Waals surface area contributed by atoms with Gasteiger partial charge in [0, 0.05) is 25.1 Å². The second-order valence-electron chi connectivity index (χ2n) is 11.4. The van der Waals surface area contributed by atoms with Crippen molar-refractivity contribution in [3.05, 3.63) is 76.4 Å². The summed E-state index contributed by atoms with van der Waals surface area (Å²) in [7, 11) is 2.94. The normalized spacial score (nSPS) is 10.8. The summed E-state index contributed by atoms with van der Waals surface area (Å²) in [6, 6.07) is 11.6. The number of primary amides is 2. The molecular weight excluding hydrogens is 578 g/mol. The predicted molar refractivity (Wildman–Crippen MR) is 176 cm³/mol. The molecule has 0 fully saturated rings. The van der Waals surface area contributed by atoms with Gasteiger partial charge in [-0.1, -0.05) is 32.1 Å². The molecule has 0 aliphatic carbocycles. The molecule has 0 radical (unpaired) electrons. The Bertz CT molecular complexity index is 1510. The molecule has 2 amide bonds. The van der Waals surface area contributed by atoms with Crippen molar-refractivity contribution in [1.29, 1.82) is 0 Å². The van der Waals surface area contributed by atoms with Crippen molar-refractivity contribution in [2.75, 3.05) is 19.5 Å². The summed E-state index contributed by atoms with van der Waals surface area (Å²) in [6.45, 7) is 10.2. The molecule has 246 valence electrons. The molecule has 0 bridgehead atoms. The highest BCUT2D eigenvalue weighted by molar-refractivity contribution is 5.93. The number of nitrogens with one attached hydrogen (secondary N) is 1. The lowest BCUT2D eigenvalue weighted by molar-refractivity contribution is -0.113. The number of aromatic nitrogens is 2. The number of benzene rings is 1. The Kier molecular flexibility index (Phi) is 15.9. The van der Waals surface area contributed by atoms with Crippen LogP contribution in [0, 0.1) is 5.92 Å². The average molecular weight is 626 g/mol. The van der Waals surface area contributed by atoms with Gasteiger partial charge in [-0.2, -0.15) is 0 Å². The molecule has 0 aliphatic rings. The van der Waals surface area contributed by atoms with Gasteiger partial charge in [0.25, 0.3) is 5.56 Å². The first-order chi connectivity index (χ1) is 21.1. The molecule has 3 aromatic rings. The van der Waals surface area contributed by atoms with Crippen molar-refractivity contribution in [3.63, 3.8) is 0 Å². The van der Waals surface area contributed by atoms with E-state index in [0.29, 0.717) is 23.7 Å². The third-order valence-electron chi connectivity index (χ3n) is 6.01. The number of pyridine rings is 1. The minimum atomic E-state index is -0.745. The van der Waals surface area contributed by atoms with Crippen LogP contribution in [0.2, 0.25) is 0 Å². The van der Waals surface area contributed by atoms with E-state index in [-0.39, 0.29) is 12.1 Å². The zero-order valence-electron chi connectivity index (χ0n) is 27.3. The fraction of sp³-hybridized carbons (Fsp3) is 0.424. The molecule has 0 aliphatic heterocycles. The molecule has 0 unspecified atom stereocenters. The van der Waals surface area contributed by atoms with Crippen molar-refractivity contribution in [1.82, 2.24) is 9.13 Å². The molecule has 45 heavy (non-hydrogen) atoms. The monoisotopic (exact) mass is 625 g/mol. The summed E-state index contributed by atoms with van der Waals surface area (Å²) in [5.74, 6) is 0.0463. The number of hydrogen-bond donors (Lipinski definition) is 3. The highest BCUT2D eigenvalue weighted by Gasteiger charge is 2.23.